The molecule has 37 heavy (non-hydrogen) atoms. The van der Waals surface area contributed by atoms with E-state index in [4.69, 9.17) is 0 Å². The number of benzene rings is 4. The van der Waals surface area contributed by atoms with Crippen LogP contribution in [0.2, 0.25) is 0 Å². The molecule has 0 aliphatic carbocycles. The zero-order valence-corrected chi connectivity index (χ0v) is 22.6. The molecule has 5 aromatic rings. The molecule has 1 aromatic heterocycles. The van der Waals surface area contributed by atoms with Crippen LogP contribution in [-0.2, 0) is 6.54 Å². The van der Waals surface area contributed by atoms with E-state index < -0.39 is 12.1 Å². The molecule has 0 bridgehead atoms. The molecule has 0 saturated carbocycles. The smallest absolute Gasteiger partial charge is 0.251 e. The van der Waals surface area contributed by atoms with E-state index in [0.717, 1.165) is 30.8 Å². The number of hydrogen-bond acceptors (Lipinski definition) is 3. The summed E-state index contributed by atoms with van der Waals surface area (Å²) in [7, 11) is 0. The molecule has 1 heterocycles. The number of ketones is 1. The van der Waals surface area contributed by atoms with Crippen molar-refractivity contribution in [3.05, 3.63) is 111 Å². The second-order valence-corrected chi connectivity index (χ2v) is 10.5. The Bertz CT molecular complexity index is 1570. The Kier molecular flexibility index (Phi) is 7.13. The van der Waals surface area contributed by atoms with Crippen LogP contribution in [0.25, 0.3) is 21.8 Å². The molecule has 1 amide bonds. The van der Waals surface area contributed by atoms with Crippen LogP contribution in [-0.4, -0.2) is 34.1 Å². The third-order valence-corrected chi connectivity index (χ3v) is 7.18. The summed E-state index contributed by atoms with van der Waals surface area (Å²) in [5.74, 6) is -0.559. The summed E-state index contributed by atoms with van der Waals surface area (Å²) < 4.78 is 18.9. The first-order valence-corrected chi connectivity index (χ1v) is 13.1. The van der Waals surface area contributed by atoms with E-state index in [2.05, 4.69) is 37.2 Å². The highest BCUT2D eigenvalue weighted by Crippen LogP contribution is 2.33. The summed E-state index contributed by atoms with van der Waals surface area (Å²) in [5.41, 5.74) is 3.01. The average molecular weight is 624 g/mol. The Labute approximate surface area is 229 Å². The van der Waals surface area contributed by atoms with Gasteiger partial charge in [-0.05, 0) is 72.8 Å². The Morgan fingerprint density at radius 2 is 1.27 bits per heavy atom. The Morgan fingerprint density at radius 1 is 0.784 bits per heavy atom. The predicted molar refractivity (Wildman–Crippen MR) is 150 cm³/mol. The van der Waals surface area contributed by atoms with Crippen LogP contribution in [0.1, 0.15) is 26.3 Å². The predicted octanol–water partition coefficient (Wildman–Crippen LogP) is 7.02. The third-order valence-electron chi connectivity index (χ3n) is 6.19. The van der Waals surface area contributed by atoms with E-state index >= 15 is 4.39 Å². The largest absolute Gasteiger partial charge is 0.508 e. The van der Waals surface area contributed by atoms with E-state index in [1.54, 1.807) is 24.3 Å². The molecule has 4 aromatic carbocycles. The van der Waals surface area contributed by atoms with Crippen molar-refractivity contribution in [2.45, 2.75) is 12.7 Å². The summed E-state index contributed by atoms with van der Waals surface area (Å²) in [6.07, 6.45) is -1.31. The summed E-state index contributed by atoms with van der Waals surface area (Å²) >= 11 is 7.03. The molecule has 0 aliphatic heterocycles. The molecule has 0 radical (unpaired) electrons. The standard InChI is InChI=1S/C29H21Br2FN2O3/c30-20-7-11-26-24(13-20)25-14-21(31)8-12-27(25)34(26)16-22(32)15-33-29(37)19-3-1-17(2-4-19)28(36)18-5-9-23(35)10-6-18/h1-14,22,35H,15-16H2,(H,33,37). The van der Waals surface area contributed by atoms with Gasteiger partial charge in [-0.25, -0.2) is 4.39 Å². The number of amides is 1. The molecule has 0 spiro atoms. The topological polar surface area (TPSA) is 71.3 Å². The molecule has 0 saturated heterocycles. The Morgan fingerprint density at radius 3 is 1.81 bits per heavy atom. The van der Waals surface area contributed by atoms with E-state index in [-0.39, 0.29) is 24.6 Å². The number of phenols is 1. The lowest BCUT2D eigenvalue weighted by atomic mass is 10.0. The van der Waals surface area contributed by atoms with Gasteiger partial charge in [-0.1, -0.05) is 44.0 Å². The summed E-state index contributed by atoms with van der Waals surface area (Å²) in [6.45, 7) is -0.0646. The number of nitrogens with one attached hydrogen (secondary N) is 1. The van der Waals surface area contributed by atoms with Crippen molar-refractivity contribution in [3.63, 3.8) is 0 Å². The first kappa shape index (κ1) is 25.2. The van der Waals surface area contributed by atoms with Gasteiger partial charge in [0.15, 0.2) is 5.78 Å². The third kappa shape index (κ3) is 5.31. The number of carbonyl (C=O) groups excluding carboxylic acids is 2. The number of aromatic hydroxyl groups is 1. The van der Waals surface area contributed by atoms with Crippen molar-refractivity contribution in [1.82, 2.24) is 9.88 Å². The lowest BCUT2D eigenvalue weighted by Gasteiger charge is -2.13. The van der Waals surface area contributed by atoms with Gasteiger partial charge >= 0.3 is 0 Å². The Balaban J connectivity index is 1.27. The van der Waals surface area contributed by atoms with Crippen molar-refractivity contribution >= 4 is 65.4 Å². The number of aromatic nitrogens is 1. The highest BCUT2D eigenvalue weighted by molar-refractivity contribution is 9.10. The van der Waals surface area contributed by atoms with Crippen molar-refractivity contribution in [2.24, 2.45) is 0 Å². The number of fused-ring (bicyclic) bond motifs is 3. The molecular formula is C29H21Br2FN2O3. The van der Waals surface area contributed by atoms with Gasteiger partial charge in [-0.2, -0.15) is 0 Å². The lowest BCUT2D eigenvalue weighted by molar-refractivity contribution is 0.0938. The van der Waals surface area contributed by atoms with Crippen molar-refractivity contribution in [1.29, 1.82) is 0 Å². The number of phenolic OH excluding ortho intramolecular Hbond substituents is 1. The first-order valence-electron chi connectivity index (χ1n) is 11.5. The van der Waals surface area contributed by atoms with E-state index in [1.165, 1.54) is 24.3 Å². The van der Waals surface area contributed by atoms with Crippen molar-refractivity contribution < 1.29 is 19.1 Å². The number of rotatable bonds is 7. The zero-order chi connectivity index (χ0) is 26.1. The van der Waals surface area contributed by atoms with Crippen LogP contribution in [0.5, 0.6) is 5.75 Å². The fourth-order valence-electron chi connectivity index (χ4n) is 4.37. The highest BCUT2D eigenvalue weighted by Gasteiger charge is 2.17. The monoisotopic (exact) mass is 622 g/mol. The summed E-state index contributed by atoms with van der Waals surface area (Å²) in [4.78, 5) is 25.2. The highest BCUT2D eigenvalue weighted by atomic mass is 79.9. The number of alkyl halides is 1. The lowest BCUT2D eigenvalue weighted by Crippen LogP contribution is -2.32. The van der Waals surface area contributed by atoms with Gasteiger partial charge in [0.2, 0.25) is 0 Å². The van der Waals surface area contributed by atoms with E-state index in [1.807, 2.05) is 41.0 Å². The second kappa shape index (κ2) is 10.5. The van der Waals surface area contributed by atoms with Crippen molar-refractivity contribution in [2.75, 3.05) is 6.54 Å². The maximum absolute atomic E-state index is 15.1. The van der Waals surface area contributed by atoms with Crippen LogP contribution in [0.15, 0.2) is 93.9 Å². The molecule has 0 fully saturated rings. The average Bonchev–Trinajstić information content (AvgIpc) is 3.19. The van der Waals surface area contributed by atoms with Crippen LogP contribution >= 0.6 is 31.9 Å². The molecular weight excluding hydrogens is 603 g/mol. The number of halogens is 3. The molecule has 8 heteroatoms. The minimum atomic E-state index is -1.31. The second-order valence-electron chi connectivity index (χ2n) is 8.69. The molecule has 5 nitrogen and oxygen atoms in total. The number of nitrogens with zero attached hydrogens (tertiary/aromatic N) is 1. The quantitative estimate of drug-likeness (QED) is 0.191. The van der Waals surface area contributed by atoms with Crippen LogP contribution in [0.4, 0.5) is 4.39 Å². The van der Waals surface area contributed by atoms with Gasteiger partial charge in [-0.3, -0.25) is 9.59 Å². The summed E-state index contributed by atoms with van der Waals surface area (Å²) in [6, 6.07) is 24.0. The molecule has 186 valence electrons. The SMILES string of the molecule is O=C(NCC(F)Cn1c2ccc(Br)cc2c2cc(Br)ccc21)c1ccc(C(=O)c2ccc(O)cc2)cc1. The minimum absolute atomic E-state index is 0.0778. The van der Waals surface area contributed by atoms with Gasteiger partial charge < -0.3 is 15.0 Å². The molecule has 5 rings (SSSR count). The van der Waals surface area contributed by atoms with Crippen molar-refractivity contribution in [3.8, 4) is 5.75 Å². The normalized spacial score (nSPS) is 12.1. The number of carbonyl (C=O) groups is 2. The Hall–Kier alpha value is -3.49. The first-order chi connectivity index (χ1) is 17.8. The minimum Gasteiger partial charge on any atom is -0.508 e. The van der Waals surface area contributed by atoms with Crippen LogP contribution < -0.4 is 5.32 Å². The van der Waals surface area contributed by atoms with E-state index in [9.17, 15) is 14.7 Å². The molecule has 0 aliphatic rings. The van der Waals surface area contributed by atoms with Gasteiger partial charge in [0.1, 0.15) is 11.9 Å². The molecule has 1 unspecified atom stereocenters. The van der Waals surface area contributed by atoms with Crippen LogP contribution in [0, 0.1) is 0 Å². The zero-order valence-electron chi connectivity index (χ0n) is 19.4. The number of hydrogen-bond donors (Lipinski definition) is 2. The fraction of sp³-hybridized carbons (Fsp3) is 0.103. The molecule has 2 N–H and O–H groups in total. The van der Waals surface area contributed by atoms with Gasteiger partial charge in [-0.15, -0.1) is 0 Å². The maximum Gasteiger partial charge on any atom is 0.251 e. The maximum atomic E-state index is 15.1. The fourth-order valence-corrected chi connectivity index (χ4v) is 5.09. The summed E-state index contributed by atoms with van der Waals surface area (Å²) in [5, 5.41) is 14.1. The van der Waals surface area contributed by atoms with Gasteiger partial charge in [0, 0.05) is 47.4 Å². The van der Waals surface area contributed by atoms with E-state index in [0.29, 0.717) is 16.7 Å². The van der Waals surface area contributed by atoms with Gasteiger partial charge in [0.25, 0.3) is 5.91 Å². The van der Waals surface area contributed by atoms with Gasteiger partial charge in [0.05, 0.1) is 13.1 Å². The van der Waals surface area contributed by atoms with Crippen LogP contribution in [0.3, 0.4) is 0 Å². The molecule has 1 atom stereocenters.